The number of alkyl halides is 3. The number of nitrogens with one attached hydrogen (secondary N) is 1. The molecule has 1 heterocycles. The van der Waals surface area contributed by atoms with E-state index in [9.17, 15) is 13.2 Å². The Morgan fingerprint density at radius 1 is 1.33 bits per heavy atom. The van der Waals surface area contributed by atoms with Gasteiger partial charge < -0.3 is 10.7 Å². The first-order valence-corrected chi connectivity index (χ1v) is 4.77. The number of aromatic amines is 1. The van der Waals surface area contributed by atoms with Crippen molar-refractivity contribution in [1.29, 1.82) is 0 Å². The van der Waals surface area contributed by atoms with Crippen LogP contribution in [0, 0.1) is 0 Å². The van der Waals surface area contributed by atoms with E-state index in [2.05, 4.69) is 9.97 Å². The molecule has 0 saturated carbocycles. The normalized spacial score (nSPS) is 12.2. The zero-order valence-electron chi connectivity index (χ0n) is 7.30. The topological polar surface area (TPSA) is 54.7 Å². The molecule has 7 heteroatoms. The standard InChI is InChI=1S/C8H6F3N3S/c9-8(10,11)15-7-13-5-2-1-4(12)3-6(5)14-7/h1-3H,12H2,(H,13,14). The molecule has 15 heavy (non-hydrogen) atoms. The quantitative estimate of drug-likeness (QED) is 0.588. The van der Waals surface area contributed by atoms with Crippen LogP contribution in [-0.4, -0.2) is 15.5 Å². The van der Waals surface area contributed by atoms with Crippen LogP contribution in [0.25, 0.3) is 11.0 Å². The highest BCUT2D eigenvalue weighted by molar-refractivity contribution is 8.00. The summed E-state index contributed by atoms with van der Waals surface area (Å²) in [6, 6.07) is 4.70. The lowest BCUT2D eigenvalue weighted by molar-refractivity contribution is -0.0330. The first kappa shape index (κ1) is 10.2. The van der Waals surface area contributed by atoms with Gasteiger partial charge in [0.1, 0.15) is 0 Å². The molecule has 0 aliphatic rings. The third-order valence-electron chi connectivity index (χ3n) is 1.70. The largest absolute Gasteiger partial charge is 0.449 e. The Bertz CT molecular complexity index is 491. The molecule has 0 amide bonds. The monoisotopic (exact) mass is 233 g/mol. The third-order valence-corrected chi connectivity index (χ3v) is 2.31. The van der Waals surface area contributed by atoms with Crippen LogP contribution in [0.2, 0.25) is 0 Å². The molecule has 0 aliphatic heterocycles. The number of aromatic nitrogens is 2. The molecule has 0 spiro atoms. The lowest BCUT2D eigenvalue weighted by Crippen LogP contribution is -1.99. The molecular formula is C8H6F3N3S. The van der Waals surface area contributed by atoms with Crippen LogP contribution in [0.4, 0.5) is 18.9 Å². The van der Waals surface area contributed by atoms with Crippen molar-refractivity contribution in [3.63, 3.8) is 0 Å². The predicted molar refractivity (Wildman–Crippen MR) is 52.4 cm³/mol. The first-order chi connectivity index (χ1) is 6.94. The van der Waals surface area contributed by atoms with Crippen molar-refractivity contribution in [2.75, 3.05) is 5.73 Å². The van der Waals surface area contributed by atoms with Crippen molar-refractivity contribution < 1.29 is 13.2 Å². The minimum atomic E-state index is -4.33. The van der Waals surface area contributed by atoms with E-state index in [0.717, 1.165) is 0 Å². The number of imidazole rings is 1. The highest BCUT2D eigenvalue weighted by Crippen LogP contribution is 2.35. The number of rotatable bonds is 1. The SMILES string of the molecule is Nc1ccc2nc(SC(F)(F)F)[nH]c2c1. The van der Waals surface area contributed by atoms with E-state index < -0.39 is 5.51 Å². The van der Waals surface area contributed by atoms with Crippen molar-refractivity contribution in [1.82, 2.24) is 9.97 Å². The molecule has 0 atom stereocenters. The number of halogens is 3. The summed E-state index contributed by atoms with van der Waals surface area (Å²) in [4.78, 5) is 6.32. The number of benzene rings is 1. The van der Waals surface area contributed by atoms with Gasteiger partial charge in [-0.3, -0.25) is 0 Å². The summed E-state index contributed by atoms with van der Waals surface area (Å²) in [5, 5.41) is -0.178. The van der Waals surface area contributed by atoms with Crippen molar-refractivity contribution >= 4 is 28.5 Å². The number of nitrogens with two attached hydrogens (primary N) is 1. The zero-order valence-corrected chi connectivity index (χ0v) is 8.12. The Morgan fingerprint density at radius 2 is 2.07 bits per heavy atom. The number of hydrogen-bond acceptors (Lipinski definition) is 3. The van der Waals surface area contributed by atoms with Gasteiger partial charge in [-0.25, -0.2) is 4.98 Å². The number of thioether (sulfide) groups is 1. The smallest absolute Gasteiger partial charge is 0.399 e. The van der Waals surface area contributed by atoms with E-state index in [0.29, 0.717) is 16.7 Å². The molecule has 0 saturated heterocycles. The molecule has 0 radical (unpaired) electrons. The van der Waals surface area contributed by atoms with E-state index >= 15 is 0 Å². The maximum Gasteiger partial charge on any atom is 0.449 e. The molecule has 2 aromatic rings. The minimum absolute atomic E-state index is 0.178. The summed E-state index contributed by atoms with van der Waals surface area (Å²) in [5.74, 6) is 0. The second-order valence-electron chi connectivity index (χ2n) is 2.87. The van der Waals surface area contributed by atoms with Crippen LogP contribution in [0.1, 0.15) is 0 Å². The molecule has 3 nitrogen and oxygen atoms in total. The van der Waals surface area contributed by atoms with Gasteiger partial charge in [-0.05, 0) is 18.2 Å². The Morgan fingerprint density at radius 3 is 2.73 bits per heavy atom. The Balaban J connectivity index is 2.39. The summed E-state index contributed by atoms with van der Waals surface area (Å²) in [6.45, 7) is 0. The van der Waals surface area contributed by atoms with Crippen LogP contribution < -0.4 is 5.73 Å². The first-order valence-electron chi connectivity index (χ1n) is 3.95. The molecule has 1 aromatic heterocycles. The Hall–Kier alpha value is -1.37. The Labute approximate surface area is 86.9 Å². The maximum absolute atomic E-state index is 12.0. The van der Waals surface area contributed by atoms with Crippen LogP contribution in [0.15, 0.2) is 23.4 Å². The Kier molecular flexibility index (Phi) is 2.26. The summed E-state index contributed by atoms with van der Waals surface area (Å²) in [7, 11) is 0. The van der Waals surface area contributed by atoms with Gasteiger partial charge in [-0.2, -0.15) is 13.2 Å². The minimum Gasteiger partial charge on any atom is -0.399 e. The van der Waals surface area contributed by atoms with Crippen LogP contribution in [0.5, 0.6) is 0 Å². The molecule has 0 unspecified atom stereocenters. The van der Waals surface area contributed by atoms with Crippen molar-refractivity contribution in [3.8, 4) is 0 Å². The maximum atomic E-state index is 12.0. The van der Waals surface area contributed by atoms with Crippen molar-refractivity contribution in [2.24, 2.45) is 0 Å². The molecule has 2 rings (SSSR count). The summed E-state index contributed by atoms with van der Waals surface area (Å²) in [5.41, 5.74) is 2.60. The molecule has 0 bridgehead atoms. The fourth-order valence-electron chi connectivity index (χ4n) is 1.16. The van der Waals surface area contributed by atoms with Gasteiger partial charge in [-0.15, -0.1) is 0 Å². The van der Waals surface area contributed by atoms with Gasteiger partial charge in [0.15, 0.2) is 5.16 Å². The molecule has 80 valence electrons. The average molecular weight is 233 g/mol. The van der Waals surface area contributed by atoms with Crippen molar-refractivity contribution in [2.45, 2.75) is 10.7 Å². The van der Waals surface area contributed by atoms with Crippen LogP contribution in [-0.2, 0) is 0 Å². The number of nitrogen functional groups attached to an aromatic ring is 1. The number of fused-ring (bicyclic) bond motifs is 1. The van der Waals surface area contributed by atoms with E-state index in [4.69, 9.17) is 5.73 Å². The number of anilines is 1. The van der Waals surface area contributed by atoms with Gasteiger partial charge in [0.25, 0.3) is 0 Å². The van der Waals surface area contributed by atoms with Gasteiger partial charge in [-0.1, -0.05) is 0 Å². The molecule has 0 aliphatic carbocycles. The van der Waals surface area contributed by atoms with Gasteiger partial charge >= 0.3 is 5.51 Å². The lowest BCUT2D eigenvalue weighted by Gasteiger charge is -2.00. The number of H-pyrrole nitrogens is 1. The summed E-state index contributed by atoms with van der Waals surface area (Å²) < 4.78 is 36.1. The second kappa shape index (κ2) is 3.34. The van der Waals surface area contributed by atoms with Gasteiger partial charge in [0.05, 0.1) is 11.0 Å². The van der Waals surface area contributed by atoms with Crippen molar-refractivity contribution in [3.05, 3.63) is 18.2 Å². The predicted octanol–water partition coefficient (Wildman–Crippen LogP) is 2.76. The summed E-state index contributed by atoms with van der Waals surface area (Å²) in [6.07, 6.45) is 0. The third kappa shape index (κ3) is 2.35. The molecule has 0 fully saturated rings. The van der Waals surface area contributed by atoms with Crippen LogP contribution >= 0.6 is 11.8 Å². The molecular weight excluding hydrogens is 227 g/mol. The second-order valence-corrected chi connectivity index (χ2v) is 3.92. The molecule has 1 aromatic carbocycles. The fraction of sp³-hybridized carbons (Fsp3) is 0.125. The summed E-state index contributed by atoms with van der Waals surface area (Å²) >= 11 is -0.275. The van der Waals surface area contributed by atoms with E-state index in [-0.39, 0.29) is 16.9 Å². The van der Waals surface area contributed by atoms with E-state index in [1.54, 1.807) is 18.2 Å². The highest BCUT2D eigenvalue weighted by atomic mass is 32.2. The zero-order chi connectivity index (χ0) is 11.1. The van der Waals surface area contributed by atoms with Crippen LogP contribution in [0.3, 0.4) is 0 Å². The number of nitrogens with zero attached hydrogens (tertiary/aromatic N) is 1. The lowest BCUT2D eigenvalue weighted by atomic mass is 10.3. The van der Waals surface area contributed by atoms with E-state index in [1.807, 2.05) is 0 Å². The van der Waals surface area contributed by atoms with Gasteiger partial charge in [0.2, 0.25) is 0 Å². The fourth-order valence-corrected chi connectivity index (χ4v) is 1.69. The molecule has 3 N–H and O–H groups in total. The van der Waals surface area contributed by atoms with E-state index in [1.165, 1.54) is 0 Å². The van der Waals surface area contributed by atoms with Gasteiger partial charge in [0, 0.05) is 17.4 Å². The number of hydrogen-bond donors (Lipinski definition) is 2. The average Bonchev–Trinajstić information content (AvgIpc) is 2.42. The highest BCUT2D eigenvalue weighted by Gasteiger charge is 2.31.